The van der Waals surface area contributed by atoms with E-state index in [9.17, 15) is 9.59 Å². The molecule has 2 aliphatic rings. The lowest BCUT2D eigenvalue weighted by molar-refractivity contribution is 0.0932. The number of urea groups is 1. The molecule has 1 aromatic rings. The highest BCUT2D eigenvalue weighted by molar-refractivity contribution is 5.92. The van der Waals surface area contributed by atoms with Crippen LogP contribution >= 0.6 is 0 Å². The molecule has 1 atom stereocenters. The van der Waals surface area contributed by atoms with Gasteiger partial charge in [-0.1, -0.05) is 18.1 Å². The lowest BCUT2D eigenvalue weighted by atomic mass is 10.2. The average Bonchev–Trinajstić information content (AvgIpc) is 3.37. The van der Waals surface area contributed by atoms with Crippen molar-refractivity contribution in [2.75, 3.05) is 26.8 Å². The lowest BCUT2D eigenvalue weighted by Crippen LogP contribution is -2.45. The summed E-state index contributed by atoms with van der Waals surface area (Å²) in [5.41, 5.74) is 0.339. The van der Waals surface area contributed by atoms with E-state index in [0.717, 1.165) is 32.2 Å². The molecule has 26 heavy (non-hydrogen) atoms. The van der Waals surface area contributed by atoms with Crippen molar-refractivity contribution in [3.05, 3.63) is 11.9 Å². The molecule has 2 N–H and O–H groups in total. The second-order valence-electron chi connectivity index (χ2n) is 6.99. The maximum atomic E-state index is 12.3. The van der Waals surface area contributed by atoms with Crippen LogP contribution in [0.25, 0.3) is 0 Å². The molecule has 9 heteroatoms. The highest BCUT2D eigenvalue weighted by atomic mass is 16.5. The maximum Gasteiger partial charge on any atom is 0.317 e. The number of ether oxygens (including phenoxy) is 1. The van der Waals surface area contributed by atoms with Crippen LogP contribution in [0.4, 0.5) is 4.79 Å². The van der Waals surface area contributed by atoms with Crippen LogP contribution < -0.4 is 10.6 Å². The van der Waals surface area contributed by atoms with Crippen LogP contribution in [0.5, 0.6) is 0 Å². The molecule has 1 saturated carbocycles. The fourth-order valence-corrected chi connectivity index (χ4v) is 3.69. The minimum atomic E-state index is -0.163. The van der Waals surface area contributed by atoms with Crippen molar-refractivity contribution in [2.45, 2.75) is 57.2 Å². The van der Waals surface area contributed by atoms with Crippen molar-refractivity contribution in [1.82, 2.24) is 30.5 Å². The zero-order chi connectivity index (χ0) is 18.4. The number of amides is 3. The van der Waals surface area contributed by atoms with Gasteiger partial charge in [-0.2, -0.15) is 0 Å². The van der Waals surface area contributed by atoms with Crippen LogP contribution in [-0.2, 0) is 11.3 Å². The standard InChI is InChI=1S/C17H28N6O3/c1-26-10-8-18-17(25)23-9-4-7-14(23)11-22-12-15(20-21-22)16(24)19-13-5-2-3-6-13/h12-14H,2-11H2,1H3,(H,18,25)(H,19,24)/t14-/m0/s1. The lowest BCUT2D eigenvalue weighted by Gasteiger charge is -2.24. The quantitative estimate of drug-likeness (QED) is 0.696. The number of nitrogens with zero attached hydrogens (tertiary/aromatic N) is 4. The third-order valence-corrected chi connectivity index (χ3v) is 5.08. The van der Waals surface area contributed by atoms with Crippen LogP contribution in [0.15, 0.2) is 6.20 Å². The van der Waals surface area contributed by atoms with Gasteiger partial charge in [0.05, 0.1) is 25.4 Å². The first-order valence-corrected chi connectivity index (χ1v) is 9.42. The first-order valence-electron chi connectivity index (χ1n) is 9.42. The van der Waals surface area contributed by atoms with Gasteiger partial charge in [0.1, 0.15) is 0 Å². The molecule has 3 amide bonds. The van der Waals surface area contributed by atoms with Crippen LogP contribution in [0.1, 0.15) is 49.0 Å². The van der Waals surface area contributed by atoms with Crippen molar-refractivity contribution in [2.24, 2.45) is 0 Å². The van der Waals surface area contributed by atoms with Crippen molar-refractivity contribution in [1.29, 1.82) is 0 Å². The Morgan fingerprint density at radius 2 is 2.08 bits per heavy atom. The average molecular weight is 364 g/mol. The van der Waals surface area contributed by atoms with Crippen molar-refractivity contribution < 1.29 is 14.3 Å². The molecule has 0 radical (unpaired) electrons. The van der Waals surface area contributed by atoms with Gasteiger partial charge in [0.25, 0.3) is 5.91 Å². The van der Waals surface area contributed by atoms with Gasteiger partial charge in [-0.15, -0.1) is 5.10 Å². The molecule has 1 aromatic heterocycles. The molecule has 1 aliphatic heterocycles. The highest BCUT2D eigenvalue weighted by Crippen LogP contribution is 2.19. The summed E-state index contributed by atoms with van der Waals surface area (Å²) in [5, 5.41) is 13.9. The maximum absolute atomic E-state index is 12.3. The molecule has 2 fully saturated rings. The molecular weight excluding hydrogens is 336 g/mol. The fourth-order valence-electron chi connectivity index (χ4n) is 3.69. The van der Waals surface area contributed by atoms with Gasteiger partial charge in [0.15, 0.2) is 5.69 Å². The van der Waals surface area contributed by atoms with Gasteiger partial charge < -0.3 is 20.3 Å². The molecule has 0 aromatic carbocycles. The van der Waals surface area contributed by atoms with Gasteiger partial charge in [-0.05, 0) is 25.7 Å². The molecule has 0 bridgehead atoms. The molecule has 1 aliphatic carbocycles. The third-order valence-electron chi connectivity index (χ3n) is 5.08. The summed E-state index contributed by atoms with van der Waals surface area (Å²) in [7, 11) is 1.61. The molecule has 144 valence electrons. The summed E-state index contributed by atoms with van der Waals surface area (Å²) >= 11 is 0. The first-order chi connectivity index (χ1) is 12.7. The van der Waals surface area contributed by atoms with Crippen LogP contribution in [-0.4, -0.2) is 70.7 Å². The number of carbonyl (C=O) groups excluding carboxylic acids is 2. The van der Waals surface area contributed by atoms with E-state index in [1.165, 1.54) is 12.8 Å². The molecule has 3 rings (SSSR count). The van der Waals surface area contributed by atoms with Gasteiger partial charge in [-0.3, -0.25) is 4.79 Å². The van der Waals surface area contributed by atoms with Gasteiger partial charge in [0, 0.05) is 26.2 Å². The Morgan fingerprint density at radius 3 is 2.85 bits per heavy atom. The topological polar surface area (TPSA) is 101 Å². The van der Waals surface area contributed by atoms with E-state index in [2.05, 4.69) is 20.9 Å². The van der Waals surface area contributed by atoms with E-state index in [1.807, 2.05) is 4.90 Å². The number of carbonyl (C=O) groups is 2. The molecular formula is C17H28N6O3. The van der Waals surface area contributed by atoms with Gasteiger partial charge in [0.2, 0.25) is 0 Å². The summed E-state index contributed by atoms with van der Waals surface area (Å²) in [5.74, 6) is -0.163. The predicted octanol–water partition coefficient (Wildman–Crippen LogP) is 0.771. The minimum absolute atomic E-state index is 0.0602. The third kappa shape index (κ3) is 4.72. The molecule has 2 heterocycles. The normalized spacial score (nSPS) is 20.5. The Kier molecular flexibility index (Phi) is 6.43. The Morgan fingerprint density at radius 1 is 1.27 bits per heavy atom. The van der Waals surface area contributed by atoms with E-state index < -0.39 is 0 Å². The van der Waals surface area contributed by atoms with Crippen molar-refractivity contribution in [3.63, 3.8) is 0 Å². The Labute approximate surface area is 153 Å². The SMILES string of the molecule is COCCNC(=O)N1CCC[C@H]1Cn1cc(C(=O)NC2CCCC2)nn1. The smallest absolute Gasteiger partial charge is 0.317 e. The number of likely N-dealkylation sites (tertiary alicyclic amines) is 1. The Bertz CT molecular complexity index is 613. The molecule has 9 nitrogen and oxygen atoms in total. The second-order valence-corrected chi connectivity index (χ2v) is 6.99. The van der Waals surface area contributed by atoms with E-state index in [4.69, 9.17) is 4.74 Å². The monoisotopic (exact) mass is 364 g/mol. The largest absolute Gasteiger partial charge is 0.383 e. The van der Waals surface area contributed by atoms with Crippen molar-refractivity contribution >= 4 is 11.9 Å². The van der Waals surface area contributed by atoms with Crippen molar-refractivity contribution in [3.8, 4) is 0 Å². The second kappa shape index (κ2) is 8.98. The fraction of sp³-hybridized carbons (Fsp3) is 0.765. The van der Waals surface area contributed by atoms with E-state index in [0.29, 0.717) is 25.4 Å². The molecule has 0 unspecified atom stereocenters. The molecule has 1 saturated heterocycles. The highest BCUT2D eigenvalue weighted by Gasteiger charge is 2.29. The number of hydrogen-bond donors (Lipinski definition) is 2. The van der Waals surface area contributed by atoms with Crippen LogP contribution in [0.3, 0.4) is 0 Å². The predicted molar refractivity (Wildman–Crippen MR) is 94.7 cm³/mol. The summed E-state index contributed by atoms with van der Waals surface area (Å²) in [6, 6.07) is 0.239. The zero-order valence-electron chi connectivity index (χ0n) is 15.3. The van der Waals surface area contributed by atoms with Crippen LogP contribution in [0.2, 0.25) is 0 Å². The van der Waals surface area contributed by atoms with Gasteiger partial charge in [-0.25, -0.2) is 9.48 Å². The number of rotatable bonds is 7. The van der Waals surface area contributed by atoms with E-state index in [1.54, 1.807) is 18.0 Å². The molecule has 0 spiro atoms. The summed E-state index contributed by atoms with van der Waals surface area (Å²) < 4.78 is 6.62. The zero-order valence-corrected chi connectivity index (χ0v) is 15.3. The van der Waals surface area contributed by atoms with E-state index in [-0.39, 0.29) is 24.0 Å². The Hall–Kier alpha value is -2.16. The first kappa shape index (κ1) is 18.6. The summed E-state index contributed by atoms with van der Waals surface area (Å²) in [6.45, 7) is 2.26. The number of hydrogen-bond acceptors (Lipinski definition) is 5. The summed E-state index contributed by atoms with van der Waals surface area (Å²) in [6.07, 6.45) is 7.96. The number of nitrogens with one attached hydrogen (secondary N) is 2. The Balaban J connectivity index is 1.52. The summed E-state index contributed by atoms with van der Waals surface area (Å²) in [4.78, 5) is 26.4. The van der Waals surface area contributed by atoms with Crippen LogP contribution in [0, 0.1) is 0 Å². The number of aromatic nitrogens is 3. The van der Waals surface area contributed by atoms with Gasteiger partial charge >= 0.3 is 6.03 Å². The van der Waals surface area contributed by atoms with E-state index >= 15 is 0 Å². The minimum Gasteiger partial charge on any atom is -0.383 e. The number of methoxy groups -OCH3 is 1.